The maximum absolute atomic E-state index is 8.78. The first-order valence-corrected chi connectivity index (χ1v) is 6.01. The highest BCUT2D eigenvalue weighted by atomic mass is 35.5. The van der Waals surface area contributed by atoms with Crippen LogP contribution in [-0.2, 0) is 4.74 Å². The number of hydrogen-bond donors (Lipinski definition) is 2. The van der Waals surface area contributed by atoms with Gasteiger partial charge in [-0.05, 0) is 6.42 Å². The maximum atomic E-state index is 8.78. The van der Waals surface area contributed by atoms with Gasteiger partial charge in [-0.25, -0.2) is 0 Å². The lowest BCUT2D eigenvalue weighted by molar-refractivity contribution is -0.00000609. The van der Waals surface area contributed by atoms with Gasteiger partial charge in [0.15, 0.2) is 4.98 Å². The Kier molecular flexibility index (Phi) is 15.8. The predicted octanol–water partition coefficient (Wildman–Crippen LogP) is -0.669. The molecule has 1 rings (SSSR count). The molecule has 108 valence electrons. The van der Waals surface area contributed by atoms with Gasteiger partial charge < -0.3 is 27.4 Å². The van der Waals surface area contributed by atoms with Crippen LogP contribution in [0.2, 0.25) is 0 Å². The average molecular weight is 289 g/mol. The second-order valence-electron chi connectivity index (χ2n) is 3.70. The smallest absolute Gasteiger partial charge is 0.385 e. The van der Waals surface area contributed by atoms with E-state index in [2.05, 4.69) is 11.9 Å². The Labute approximate surface area is 120 Å². The van der Waals surface area contributed by atoms with Crippen molar-refractivity contribution in [1.29, 1.82) is 5.39 Å². The van der Waals surface area contributed by atoms with Crippen molar-refractivity contribution in [2.45, 2.75) is 25.9 Å². The van der Waals surface area contributed by atoms with Crippen molar-refractivity contribution in [2.75, 3.05) is 19.8 Å². The fraction of sp³-hybridized carbons (Fsp3) is 0.538. The van der Waals surface area contributed by atoms with E-state index in [4.69, 9.17) is 20.3 Å². The van der Waals surface area contributed by atoms with Gasteiger partial charge >= 0.3 is 5.69 Å². The molecule has 0 bridgehead atoms. The number of benzene rings is 1. The molecular weight excluding hydrogens is 268 g/mol. The number of ether oxygens (including phenoxy) is 1. The van der Waals surface area contributed by atoms with Crippen molar-refractivity contribution in [3.8, 4) is 0 Å². The van der Waals surface area contributed by atoms with Crippen LogP contribution in [0.5, 0.6) is 0 Å². The van der Waals surface area contributed by atoms with Crippen LogP contribution < -0.4 is 12.4 Å². The summed E-state index contributed by atoms with van der Waals surface area (Å²) >= 11 is 0. The highest BCUT2D eigenvalue weighted by Crippen LogP contribution is 2.07. The van der Waals surface area contributed by atoms with E-state index in [0.717, 1.165) is 12.8 Å². The van der Waals surface area contributed by atoms with Crippen LogP contribution in [0.1, 0.15) is 19.8 Å². The Bertz CT molecular complexity index is 330. The van der Waals surface area contributed by atoms with E-state index in [0.29, 0.717) is 12.3 Å². The highest BCUT2D eigenvalue weighted by molar-refractivity contribution is 5.42. The first kappa shape index (κ1) is 20.1. The quantitative estimate of drug-likeness (QED) is 0.538. The number of aliphatic hydroxyl groups is 2. The molecule has 0 heterocycles. The van der Waals surface area contributed by atoms with E-state index >= 15 is 0 Å². The van der Waals surface area contributed by atoms with Crippen LogP contribution in [0, 0.1) is 5.39 Å². The van der Waals surface area contributed by atoms with E-state index in [-0.39, 0.29) is 25.6 Å². The number of diazo groups is 1. The Morgan fingerprint density at radius 3 is 2.37 bits per heavy atom. The molecular formula is C13H21ClN2O3. The lowest BCUT2D eigenvalue weighted by atomic mass is 10.3. The van der Waals surface area contributed by atoms with Crippen molar-refractivity contribution in [3.63, 3.8) is 0 Å². The van der Waals surface area contributed by atoms with Gasteiger partial charge in [0.1, 0.15) is 6.10 Å². The summed E-state index contributed by atoms with van der Waals surface area (Å²) in [6.07, 6.45) is 1.39. The lowest BCUT2D eigenvalue weighted by Crippen LogP contribution is -3.00. The molecule has 6 heteroatoms. The molecule has 0 fully saturated rings. The van der Waals surface area contributed by atoms with Crippen LogP contribution in [0.3, 0.4) is 0 Å². The normalized spacial score (nSPS) is 10.4. The third-order valence-electron chi connectivity index (χ3n) is 2.03. The predicted molar refractivity (Wildman–Crippen MR) is 70.0 cm³/mol. The molecule has 0 radical (unpaired) electrons. The zero-order valence-electron chi connectivity index (χ0n) is 11.1. The maximum Gasteiger partial charge on any atom is 0.385 e. The molecule has 0 aliphatic heterocycles. The van der Waals surface area contributed by atoms with Crippen LogP contribution in [0.25, 0.3) is 4.98 Å². The highest BCUT2D eigenvalue weighted by Gasteiger charge is 1.99. The van der Waals surface area contributed by atoms with Crippen molar-refractivity contribution in [3.05, 3.63) is 35.3 Å². The zero-order chi connectivity index (χ0) is 13.6. The van der Waals surface area contributed by atoms with Crippen molar-refractivity contribution in [1.82, 2.24) is 0 Å². The Hall–Kier alpha value is -1.19. The molecule has 1 atom stereocenters. The molecule has 0 amide bonds. The average Bonchev–Trinajstić information content (AvgIpc) is 2.45. The van der Waals surface area contributed by atoms with Crippen molar-refractivity contribution < 1.29 is 27.4 Å². The summed E-state index contributed by atoms with van der Waals surface area (Å²) in [5.41, 5.74) is 0.590. The van der Waals surface area contributed by atoms with Gasteiger partial charge in [-0.1, -0.05) is 31.5 Å². The van der Waals surface area contributed by atoms with Crippen molar-refractivity contribution >= 4 is 5.69 Å². The number of halogens is 1. The summed E-state index contributed by atoms with van der Waals surface area (Å²) < 4.78 is 5.02. The molecule has 19 heavy (non-hydrogen) atoms. The first-order valence-electron chi connectivity index (χ1n) is 6.01. The topological polar surface area (TPSA) is 77.8 Å². The Balaban J connectivity index is 0. The summed E-state index contributed by atoms with van der Waals surface area (Å²) in [5.74, 6) is 0. The monoisotopic (exact) mass is 288 g/mol. The zero-order valence-corrected chi connectivity index (χ0v) is 11.8. The molecule has 0 aliphatic carbocycles. The molecule has 1 aromatic rings. The summed E-state index contributed by atoms with van der Waals surface area (Å²) in [4.78, 5) is 2.97. The van der Waals surface area contributed by atoms with Gasteiger partial charge in [0, 0.05) is 18.7 Å². The molecule has 0 saturated heterocycles. The van der Waals surface area contributed by atoms with Gasteiger partial charge in [0.05, 0.1) is 13.2 Å². The molecule has 0 aromatic heterocycles. The SMILES string of the molecule is CCCCOCC(O)CO.N#[N+]c1ccccc1.[Cl-]. The fourth-order valence-electron chi connectivity index (χ4n) is 1.01. The van der Waals surface area contributed by atoms with Gasteiger partial charge in [-0.15, -0.1) is 0 Å². The van der Waals surface area contributed by atoms with E-state index in [9.17, 15) is 0 Å². The molecule has 0 saturated carbocycles. The van der Waals surface area contributed by atoms with Gasteiger partial charge in [0.2, 0.25) is 5.39 Å². The number of nitrogens with zero attached hydrogens (tertiary/aromatic N) is 2. The number of hydrogen-bond acceptors (Lipinski definition) is 4. The molecule has 1 aromatic carbocycles. The second-order valence-corrected chi connectivity index (χ2v) is 3.70. The van der Waals surface area contributed by atoms with E-state index in [1.165, 1.54) is 0 Å². The summed E-state index contributed by atoms with van der Waals surface area (Å²) in [6, 6.07) is 8.94. The van der Waals surface area contributed by atoms with E-state index < -0.39 is 6.10 Å². The third kappa shape index (κ3) is 13.0. The van der Waals surface area contributed by atoms with E-state index in [1.807, 2.05) is 18.2 Å². The van der Waals surface area contributed by atoms with Crippen LogP contribution in [-0.4, -0.2) is 36.1 Å². The number of aliphatic hydroxyl groups excluding tert-OH is 2. The summed E-state index contributed by atoms with van der Waals surface area (Å²) in [6.45, 7) is 2.78. The third-order valence-corrected chi connectivity index (χ3v) is 2.03. The van der Waals surface area contributed by atoms with Crippen LogP contribution >= 0.6 is 0 Å². The molecule has 0 aliphatic rings. The molecule has 2 N–H and O–H groups in total. The lowest BCUT2D eigenvalue weighted by Gasteiger charge is -2.06. The van der Waals surface area contributed by atoms with E-state index in [1.54, 1.807) is 12.1 Å². The Morgan fingerprint density at radius 2 is 1.95 bits per heavy atom. The minimum Gasteiger partial charge on any atom is -1.00 e. The molecule has 0 spiro atoms. The van der Waals surface area contributed by atoms with Gasteiger partial charge in [-0.2, -0.15) is 0 Å². The fourth-order valence-corrected chi connectivity index (χ4v) is 1.01. The van der Waals surface area contributed by atoms with Crippen LogP contribution in [0.15, 0.2) is 30.3 Å². The summed E-state index contributed by atoms with van der Waals surface area (Å²) in [7, 11) is 0. The molecule has 1 unspecified atom stereocenters. The standard InChI is InChI=1S/C7H16O3.C6H5N2.ClH/c1-2-3-4-10-6-7(9)5-8;7-8-6-4-2-1-3-5-6;/h7-9H,2-6H2,1H3;1-5H;1H/q;+1;/p-1. The molecule has 5 nitrogen and oxygen atoms in total. The first-order chi connectivity index (χ1) is 8.74. The minimum atomic E-state index is -0.711. The van der Waals surface area contributed by atoms with Gasteiger partial charge in [0.25, 0.3) is 0 Å². The second kappa shape index (κ2) is 14.9. The largest absolute Gasteiger partial charge is 1.00 e. The Morgan fingerprint density at radius 1 is 1.32 bits per heavy atom. The summed E-state index contributed by atoms with van der Waals surface area (Å²) in [5, 5.41) is 25.3. The van der Waals surface area contributed by atoms with Crippen LogP contribution in [0.4, 0.5) is 5.69 Å². The van der Waals surface area contributed by atoms with Gasteiger partial charge in [-0.3, -0.25) is 0 Å². The number of rotatable bonds is 6. The number of unbranched alkanes of at least 4 members (excludes halogenated alkanes) is 1. The minimum absolute atomic E-state index is 0. The van der Waals surface area contributed by atoms with Crippen molar-refractivity contribution in [2.24, 2.45) is 0 Å².